The third kappa shape index (κ3) is 3.15. The minimum Gasteiger partial charge on any atom is -0.486 e. The number of carbonyl (C=O) groups is 1. The van der Waals surface area contributed by atoms with Gasteiger partial charge in [0.2, 0.25) is 0 Å². The number of hydrogen-bond donors (Lipinski definition) is 1. The molecule has 1 aromatic carbocycles. The van der Waals surface area contributed by atoms with Gasteiger partial charge >= 0.3 is 0 Å². The second kappa shape index (κ2) is 6.40. The van der Waals surface area contributed by atoms with Gasteiger partial charge < -0.3 is 24.3 Å². The molecule has 2 rings (SSSR count). The molecule has 0 bridgehead atoms. The number of carbonyl (C=O) groups excluding carboxylic acids is 1. The molecule has 0 saturated carbocycles. The number of methoxy groups -OCH3 is 2. The maximum Gasteiger partial charge on any atom is 0.255 e. The normalized spacial score (nSPS) is 13.4. The van der Waals surface area contributed by atoms with Crippen LogP contribution in [0.1, 0.15) is 10.4 Å². The van der Waals surface area contributed by atoms with E-state index in [2.05, 4.69) is 5.32 Å². The molecule has 0 radical (unpaired) electrons. The highest BCUT2D eigenvalue weighted by atomic mass is 16.7. The molecule has 1 N–H and O–H groups in total. The molecule has 1 heterocycles. The van der Waals surface area contributed by atoms with Crippen LogP contribution in [-0.4, -0.2) is 46.2 Å². The minimum absolute atomic E-state index is 0.249. The molecule has 0 aromatic heterocycles. The van der Waals surface area contributed by atoms with Crippen LogP contribution in [0.3, 0.4) is 0 Å². The highest BCUT2D eigenvalue weighted by Crippen LogP contribution is 2.33. The molecule has 0 fully saturated rings. The van der Waals surface area contributed by atoms with E-state index in [1.807, 2.05) is 0 Å². The zero-order valence-corrected chi connectivity index (χ0v) is 11.0. The van der Waals surface area contributed by atoms with E-state index >= 15 is 0 Å². The first-order valence-electron chi connectivity index (χ1n) is 5.98. The van der Waals surface area contributed by atoms with Gasteiger partial charge in [-0.3, -0.25) is 4.79 Å². The van der Waals surface area contributed by atoms with E-state index in [1.165, 1.54) is 14.2 Å². The number of ether oxygens (including phenoxy) is 4. The third-order valence-electron chi connectivity index (χ3n) is 2.77. The molecule has 19 heavy (non-hydrogen) atoms. The van der Waals surface area contributed by atoms with E-state index in [1.54, 1.807) is 18.2 Å². The number of amides is 1. The molecule has 0 atom stereocenters. The van der Waals surface area contributed by atoms with Gasteiger partial charge in [0.25, 0.3) is 5.91 Å². The fraction of sp³-hybridized carbons (Fsp3) is 0.462. The second-order valence-corrected chi connectivity index (χ2v) is 3.94. The van der Waals surface area contributed by atoms with Crippen LogP contribution in [0.15, 0.2) is 18.2 Å². The number of fused-ring (bicyclic) bond motifs is 1. The summed E-state index contributed by atoms with van der Waals surface area (Å²) in [5.74, 6) is 0.827. The fourth-order valence-corrected chi connectivity index (χ4v) is 1.79. The molecule has 0 saturated heterocycles. The van der Waals surface area contributed by atoms with Crippen molar-refractivity contribution in [2.75, 3.05) is 34.0 Å². The van der Waals surface area contributed by atoms with Crippen molar-refractivity contribution in [2.24, 2.45) is 0 Å². The molecule has 1 amide bonds. The van der Waals surface area contributed by atoms with Gasteiger partial charge in [-0.1, -0.05) is 6.07 Å². The number of para-hydroxylation sites is 1. The first kappa shape index (κ1) is 13.6. The molecule has 1 aliphatic rings. The molecular weight excluding hydrogens is 250 g/mol. The molecular formula is C13H17NO5. The quantitative estimate of drug-likeness (QED) is 0.800. The summed E-state index contributed by atoms with van der Waals surface area (Å²) in [5, 5.41) is 2.73. The van der Waals surface area contributed by atoms with Gasteiger partial charge in [0.15, 0.2) is 17.8 Å². The lowest BCUT2D eigenvalue weighted by Crippen LogP contribution is -2.34. The topological polar surface area (TPSA) is 66.0 Å². The third-order valence-corrected chi connectivity index (χ3v) is 2.77. The fourth-order valence-electron chi connectivity index (χ4n) is 1.79. The average molecular weight is 267 g/mol. The molecule has 0 unspecified atom stereocenters. The van der Waals surface area contributed by atoms with E-state index in [9.17, 15) is 4.79 Å². The van der Waals surface area contributed by atoms with Crippen LogP contribution in [0.25, 0.3) is 0 Å². The standard InChI is InChI=1S/C13H17NO5/c1-16-11(17-2)8-14-13(15)9-4-3-5-10-12(9)19-7-6-18-10/h3-5,11H,6-8H2,1-2H3,(H,14,15). The van der Waals surface area contributed by atoms with Gasteiger partial charge in [-0.15, -0.1) is 0 Å². The van der Waals surface area contributed by atoms with Gasteiger partial charge in [0, 0.05) is 14.2 Å². The van der Waals surface area contributed by atoms with E-state index in [-0.39, 0.29) is 12.5 Å². The Bertz CT molecular complexity index is 445. The van der Waals surface area contributed by atoms with Crippen LogP contribution in [0.2, 0.25) is 0 Å². The number of hydrogen-bond acceptors (Lipinski definition) is 5. The summed E-state index contributed by atoms with van der Waals surface area (Å²) in [6.45, 7) is 1.19. The second-order valence-electron chi connectivity index (χ2n) is 3.94. The van der Waals surface area contributed by atoms with Crippen LogP contribution in [-0.2, 0) is 9.47 Å². The molecule has 1 aromatic rings. The first-order chi connectivity index (χ1) is 9.26. The zero-order chi connectivity index (χ0) is 13.7. The van der Waals surface area contributed by atoms with E-state index in [4.69, 9.17) is 18.9 Å². The summed E-state index contributed by atoms with van der Waals surface area (Å²) in [7, 11) is 3.03. The summed E-state index contributed by atoms with van der Waals surface area (Å²) in [4.78, 5) is 12.1. The Morgan fingerprint density at radius 1 is 1.32 bits per heavy atom. The molecule has 6 nitrogen and oxygen atoms in total. The molecule has 0 aliphatic carbocycles. The monoisotopic (exact) mass is 267 g/mol. The van der Waals surface area contributed by atoms with Crippen LogP contribution < -0.4 is 14.8 Å². The smallest absolute Gasteiger partial charge is 0.255 e. The summed E-state index contributed by atoms with van der Waals surface area (Å²) in [5.41, 5.74) is 0.447. The summed E-state index contributed by atoms with van der Waals surface area (Å²) >= 11 is 0. The van der Waals surface area contributed by atoms with Gasteiger partial charge in [-0.05, 0) is 12.1 Å². The van der Waals surface area contributed by atoms with Gasteiger partial charge in [-0.2, -0.15) is 0 Å². The van der Waals surface area contributed by atoms with Crippen LogP contribution in [0, 0.1) is 0 Å². The number of nitrogens with one attached hydrogen (secondary N) is 1. The number of benzene rings is 1. The van der Waals surface area contributed by atoms with Crippen molar-refractivity contribution in [3.8, 4) is 11.5 Å². The van der Waals surface area contributed by atoms with E-state index < -0.39 is 6.29 Å². The van der Waals surface area contributed by atoms with Crippen LogP contribution in [0.5, 0.6) is 11.5 Å². The lowest BCUT2D eigenvalue weighted by molar-refractivity contribution is -0.0974. The molecule has 1 aliphatic heterocycles. The first-order valence-corrected chi connectivity index (χ1v) is 5.98. The molecule has 104 valence electrons. The Labute approximate surface area is 111 Å². The van der Waals surface area contributed by atoms with E-state index in [0.717, 1.165) is 0 Å². The minimum atomic E-state index is -0.472. The van der Waals surface area contributed by atoms with Gasteiger partial charge in [0.05, 0.1) is 12.1 Å². The Morgan fingerprint density at radius 2 is 2.05 bits per heavy atom. The van der Waals surface area contributed by atoms with Crippen molar-refractivity contribution in [3.63, 3.8) is 0 Å². The largest absolute Gasteiger partial charge is 0.486 e. The molecule has 6 heteroatoms. The maximum atomic E-state index is 12.1. The summed E-state index contributed by atoms with van der Waals surface area (Å²) in [6, 6.07) is 5.22. The predicted molar refractivity (Wildman–Crippen MR) is 67.6 cm³/mol. The van der Waals surface area contributed by atoms with Crippen molar-refractivity contribution in [1.82, 2.24) is 5.32 Å². The predicted octanol–water partition coefficient (Wildman–Crippen LogP) is 0.806. The van der Waals surface area contributed by atoms with Crippen LogP contribution in [0.4, 0.5) is 0 Å². The Balaban J connectivity index is 2.07. The zero-order valence-electron chi connectivity index (χ0n) is 11.0. The SMILES string of the molecule is COC(CNC(=O)c1cccc2c1OCCO2)OC. The molecule has 0 spiro atoms. The van der Waals surface area contributed by atoms with E-state index in [0.29, 0.717) is 30.3 Å². The number of rotatable bonds is 5. The summed E-state index contributed by atoms with van der Waals surface area (Å²) in [6.07, 6.45) is -0.472. The van der Waals surface area contributed by atoms with Crippen LogP contribution >= 0.6 is 0 Å². The van der Waals surface area contributed by atoms with Gasteiger partial charge in [-0.25, -0.2) is 0 Å². The summed E-state index contributed by atoms with van der Waals surface area (Å²) < 4.78 is 20.9. The average Bonchev–Trinajstić information content (AvgIpc) is 2.47. The Morgan fingerprint density at radius 3 is 2.79 bits per heavy atom. The lowest BCUT2D eigenvalue weighted by Gasteiger charge is -2.21. The van der Waals surface area contributed by atoms with Gasteiger partial charge in [0.1, 0.15) is 13.2 Å². The highest BCUT2D eigenvalue weighted by Gasteiger charge is 2.20. The highest BCUT2D eigenvalue weighted by molar-refractivity contribution is 5.97. The van der Waals surface area contributed by atoms with Crippen molar-refractivity contribution >= 4 is 5.91 Å². The lowest BCUT2D eigenvalue weighted by atomic mass is 10.1. The van der Waals surface area contributed by atoms with Crippen molar-refractivity contribution in [1.29, 1.82) is 0 Å². The maximum absolute atomic E-state index is 12.1. The van der Waals surface area contributed by atoms with Crippen molar-refractivity contribution < 1.29 is 23.7 Å². The Hall–Kier alpha value is -1.79. The van der Waals surface area contributed by atoms with Crippen molar-refractivity contribution in [3.05, 3.63) is 23.8 Å². The Kier molecular flexibility index (Phi) is 4.59. The van der Waals surface area contributed by atoms with Crippen molar-refractivity contribution in [2.45, 2.75) is 6.29 Å².